The van der Waals surface area contributed by atoms with Crippen molar-refractivity contribution in [2.75, 3.05) is 50.7 Å². The van der Waals surface area contributed by atoms with Gasteiger partial charge in [0.1, 0.15) is 0 Å². The Hall–Kier alpha value is -2.38. The van der Waals surface area contributed by atoms with Crippen molar-refractivity contribution in [2.24, 2.45) is 5.92 Å². The van der Waals surface area contributed by atoms with Crippen LogP contribution in [0.1, 0.15) is 23.3 Å². The van der Waals surface area contributed by atoms with Crippen molar-refractivity contribution in [1.82, 2.24) is 15.1 Å². The predicted molar refractivity (Wildman–Crippen MR) is 128 cm³/mol. The topological polar surface area (TPSA) is 55.9 Å². The lowest BCUT2D eigenvalue weighted by molar-refractivity contribution is -0.131. The molecule has 32 heavy (non-hydrogen) atoms. The highest BCUT2D eigenvalue weighted by Crippen LogP contribution is 2.36. The van der Waals surface area contributed by atoms with E-state index in [4.69, 9.17) is 0 Å². The van der Waals surface area contributed by atoms with Crippen LogP contribution in [0.2, 0.25) is 0 Å². The summed E-state index contributed by atoms with van der Waals surface area (Å²) >= 11 is 1.73. The van der Waals surface area contributed by atoms with E-state index in [0.29, 0.717) is 13.1 Å². The lowest BCUT2D eigenvalue weighted by Crippen LogP contribution is -2.62. The number of rotatable bonds is 6. The van der Waals surface area contributed by atoms with Gasteiger partial charge in [-0.25, -0.2) is 0 Å². The Balaban J connectivity index is 1.28. The van der Waals surface area contributed by atoms with Crippen molar-refractivity contribution in [3.05, 3.63) is 52.2 Å². The Bertz CT molecular complexity index is 941. The van der Waals surface area contributed by atoms with E-state index in [1.807, 2.05) is 4.90 Å². The minimum absolute atomic E-state index is 0.0991. The van der Waals surface area contributed by atoms with Crippen LogP contribution < -0.4 is 10.2 Å². The van der Waals surface area contributed by atoms with Gasteiger partial charge in [-0.2, -0.15) is 0 Å². The average Bonchev–Trinajstić information content (AvgIpc) is 3.53. The van der Waals surface area contributed by atoms with Crippen molar-refractivity contribution < 1.29 is 9.59 Å². The summed E-state index contributed by atoms with van der Waals surface area (Å²) in [5.41, 5.74) is 2.51. The molecule has 5 rings (SSSR count). The molecule has 2 atom stereocenters. The van der Waals surface area contributed by atoms with Gasteiger partial charge < -0.3 is 15.1 Å². The van der Waals surface area contributed by atoms with Crippen molar-refractivity contribution in [1.29, 1.82) is 0 Å². The van der Waals surface area contributed by atoms with Crippen molar-refractivity contribution in [2.45, 2.75) is 31.7 Å². The SMILES string of the molecule is O=C(NCCc1cccs1)[C@@H]1Cc2ccccc2N2CCN(CC(=O)N3CCCC3)C[C@H]12. The molecule has 2 fully saturated rings. The summed E-state index contributed by atoms with van der Waals surface area (Å²) in [6.45, 7) is 5.40. The predicted octanol–water partition coefficient (Wildman–Crippen LogP) is 2.39. The number of piperazine rings is 1. The number of thiophene rings is 1. The Morgan fingerprint density at radius 1 is 1.03 bits per heavy atom. The van der Waals surface area contributed by atoms with Gasteiger partial charge in [-0.3, -0.25) is 14.5 Å². The molecule has 3 aliphatic heterocycles. The van der Waals surface area contributed by atoms with E-state index in [9.17, 15) is 9.59 Å². The summed E-state index contributed by atoms with van der Waals surface area (Å²) in [5.74, 6) is 0.279. The van der Waals surface area contributed by atoms with Crippen LogP contribution in [0.4, 0.5) is 5.69 Å². The van der Waals surface area contributed by atoms with Crippen LogP contribution in [-0.4, -0.2) is 73.5 Å². The molecule has 170 valence electrons. The molecule has 0 bridgehead atoms. The molecule has 1 N–H and O–H groups in total. The van der Waals surface area contributed by atoms with Crippen LogP contribution in [0.25, 0.3) is 0 Å². The van der Waals surface area contributed by atoms with Gasteiger partial charge in [-0.15, -0.1) is 11.3 Å². The number of hydrogen-bond acceptors (Lipinski definition) is 5. The van der Waals surface area contributed by atoms with Crippen LogP contribution in [0.15, 0.2) is 41.8 Å². The van der Waals surface area contributed by atoms with E-state index >= 15 is 0 Å². The van der Waals surface area contributed by atoms with Crippen LogP contribution in [0, 0.1) is 5.92 Å². The molecule has 2 amide bonds. The second kappa shape index (κ2) is 9.63. The van der Waals surface area contributed by atoms with E-state index in [0.717, 1.165) is 58.4 Å². The quantitative estimate of drug-likeness (QED) is 0.731. The van der Waals surface area contributed by atoms with E-state index in [1.54, 1.807) is 11.3 Å². The maximum absolute atomic E-state index is 13.3. The summed E-state index contributed by atoms with van der Waals surface area (Å²) in [7, 11) is 0. The van der Waals surface area contributed by atoms with Gasteiger partial charge in [0, 0.05) is 49.8 Å². The second-order valence-electron chi connectivity index (χ2n) is 9.14. The van der Waals surface area contributed by atoms with E-state index in [-0.39, 0.29) is 23.8 Å². The highest BCUT2D eigenvalue weighted by molar-refractivity contribution is 7.09. The number of likely N-dealkylation sites (tertiary alicyclic amines) is 1. The molecule has 6 nitrogen and oxygen atoms in total. The number of benzene rings is 1. The Morgan fingerprint density at radius 2 is 1.88 bits per heavy atom. The summed E-state index contributed by atoms with van der Waals surface area (Å²) in [4.78, 5) is 34.0. The maximum atomic E-state index is 13.3. The molecule has 2 aromatic rings. The van der Waals surface area contributed by atoms with Gasteiger partial charge in [-0.1, -0.05) is 24.3 Å². The first-order chi connectivity index (χ1) is 15.7. The number of hydrogen-bond donors (Lipinski definition) is 1. The Kier molecular flexibility index (Phi) is 6.46. The number of amides is 2. The largest absolute Gasteiger partial charge is 0.365 e. The van der Waals surface area contributed by atoms with Crippen LogP contribution in [0.5, 0.6) is 0 Å². The molecule has 4 heterocycles. The first-order valence-electron chi connectivity index (χ1n) is 11.8. The molecule has 0 aliphatic carbocycles. The van der Waals surface area contributed by atoms with Gasteiger partial charge in [0.25, 0.3) is 0 Å². The van der Waals surface area contributed by atoms with Gasteiger partial charge >= 0.3 is 0 Å². The third-order valence-corrected chi connectivity index (χ3v) is 8.05. The minimum Gasteiger partial charge on any atom is -0.365 e. The van der Waals surface area contributed by atoms with Crippen molar-refractivity contribution in [3.63, 3.8) is 0 Å². The number of nitrogens with zero attached hydrogens (tertiary/aromatic N) is 3. The number of carbonyl (C=O) groups excluding carboxylic acids is 2. The average molecular weight is 453 g/mol. The van der Waals surface area contributed by atoms with Crippen LogP contribution >= 0.6 is 11.3 Å². The monoisotopic (exact) mass is 452 g/mol. The fourth-order valence-electron chi connectivity index (χ4n) is 5.41. The summed E-state index contributed by atoms with van der Waals surface area (Å²) < 4.78 is 0. The van der Waals surface area contributed by atoms with Gasteiger partial charge in [-0.05, 0) is 48.8 Å². The summed E-state index contributed by atoms with van der Waals surface area (Å²) in [6.07, 6.45) is 3.87. The molecule has 0 radical (unpaired) electrons. The van der Waals surface area contributed by atoms with E-state index in [1.165, 1.54) is 16.1 Å². The number of nitrogens with one attached hydrogen (secondary N) is 1. The molecule has 0 saturated carbocycles. The van der Waals surface area contributed by atoms with Gasteiger partial charge in [0.2, 0.25) is 11.8 Å². The first kappa shape index (κ1) is 21.5. The molecule has 1 aromatic carbocycles. The van der Waals surface area contributed by atoms with Gasteiger partial charge in [0.15, 0.2) is 0 Å². The molecule has 0 spiro atoms. The summed E-state index contributed by atoms with van der Waals surface area (Å²) in [6, 6.07) is 12.8. The standard InChI is InChI=1S/C25H32N4O2S/c30-24(28-11-3-4-12-28)18-27-13-14-29-22-8-2-1-6-19(22)16-21(23(29)17-27)25(31)26-10-9-20-7-5-15-32-20/h1-2,5-8,15,21,23H,3-4,9-14,16-18H2,(H,26,31)/t21-,23-/m1/s1. The smallest absolute Gasteiger partial charge is 0.236 e. The molecule has 2 saturated heterocycles. The highest BCUT2D eigenvalue weighted by Gasteiger charge is 2.41. The molecular weight excluding hydrogens is 420 g/mol. The fourth-order valence-corrected chi connectivity index (χ4v) is 6.12. The third-order valence-electron chi connectivity index (χ3n) is 7.11. The number of para-hydroxylation sites is 1. The van der Waals surface area contributed by atoms with E-state index < -0.39 is 0 Å². The minimum atomic E-state index is -0.0991. The fraction of sp³-hybridized carbons (Fsp3) is 0.520. The lowest BCUT2D eigenvalue weighted by atomic mass is 9.83. The first-order valence-corrected chi connectivity index (χ1v) is 12.7. The highest BCUT2D eigenvalue weighted by atomic mass is 32.1. The molecule has 0 unspecified atom stereocenters. The zero-order valence-corrected chi connectivity index (χ0v) is 19.4. The third kappa shape index (κ3) is 4.55. The molecule has 7 heteroatoms. The second-order valence-corrected chi connectivity index (χ2v) is 10.2. The number of anilines is 1. The number of carbonyl (C=O) groups is 2. The molecular formula is C25H32N4O2S. The Labute approximate surface area is 194 Å². The zero-order valence-electron chi connectivity index (χ0n) is 18.5. The van der Waals surface area contributed by atoms with E-state index in [2.05, 4.69) is 56.9 Å². The van der Waals surface area contributed by atoms with Crippen LogP contribution in [-0.2, 0) is 22.4 Å². The Morgan fingerprint density at radius 3 is 2.69 bits per heavy atom. The van der Waals surface area contributed by atoms with Crippen LogP contribution in [0.3, 0.4) is 0 Å². The molecule has 3 aliphatic rings. The van der Waals surface area contributed by atoms with Crippen molar-refractivity contribution >= 4 is 28.8 Å². The zero-order chi connectivity index (χ0) is 21.9. The molecule has 1 aromatic heterocycles. The maximum Gasteiger partial charge on any atom is 0.236 e. The summed E-state index contributed by atoms with van der Waals surface area (Å²) in [5, 5.41) is 5.28. The normalized spacial score (nSPS) is 23.0. The lowest BCUT2D eigenvalue weighted by Gasteiger charge is -2.49. The van der Waals surface area contributed by atoms with Crippen molar-refractivity contribution in [3.8, 4) is 0 Å². The number of fused-ring (bicyclic) bond motifs is 3. The van der Waals surface area contributed by atoms with Gasteiger partial charge in [0.05, 0.1) is 18.5 Å².